The molecule has 6 heteroatoms. The number of rotatable bonds is 3. The number of aliphatic hydroxyl groups excluding tert-OH is 1. The van der Waals surface area contributed by atoms with Gasteiger partial charge in [-0.3, -0.25) is 9.59 Å². The van der Waals surface area contributed by atoms with E-state index in [1.807, 2.05) is 11.4 Å². The number of aliphatic hydroxyl groups is 1. The summed E-state index contributed by atoms with van der Waals surface area (Å²) < 4.78 is 0. The number of para-hydroxylation sites is 1. The minimum atomic E-state index is -0.472. The molecule has 120 valence electrons. The number of thiophene rings is 1. The molecular formula is C17H18N2O3S. The lowest BCUT2D eigenvalue weighted by atomic mass is 10.1. The van der Waals surface area contributed by atoms with Crippen LogP contribution in [0.5, 0.6) is 0 Å². The second kappa shape index (κ2) is 6.93. The average Bonchev–Trinajstić information content (AvgIpc) is 3.09. The summed E-state index contributed by atoms with van der Waals surface area (Å²) in [6, 6.07) is 10.5. The molecule has 1 aromatic heterocycles. The van der Waals surface area contributed by atoms with Crippen LogP contribution in [0.3, 0.4) is 0 Å². The third-order valence-corrected chi connectivity index (χ3v) is 4.70. The van der Waals surface area contributed by atoms with Crippen molar-refractivity contribution in [3.8, 4) is 0 Å². The molecule has 1 unspecified atom stereocenters. The highest BCUT2D eigenvalue weighted by molar-refractivity contribution is 7.12. The van der Waals surface area contributed by atoms with E-state index < -0.39 is 6.10 Å². The number of carbonyl (C=O) groups is 2. The molecule has 2 heterocycles. The average molecular weight is 330 g/mol. The fraction of sp³-hybridized carbons (Fsp3) is 0.294. The Morgan fingerprint density at radius 3 is 2.78 bits per heavy atom. The van der Waals surface area contributed by atoms with Crippen LogP contribution in [0.4, 0.5) is 5.69 Å². The van der Waals surface area contributed by atoms with Crippen LogP contribution in [0.2, 0.25) is 0 Å². The fourth-order valence-corrected chi connectivity index (χ4v) is 3.30. The predicted molar refractivity (Wildman–Crippen MR) is 89.9 cm³/mol. The van der Waals surface area contributed by atoms with Gasteiger partial charge in [-0.25, -0.2) is 0 Å². The summed E-state index contributed by atoms with van der Waals surface area (Å²) in [6.07, 6.45) is 1.04. The molecule has 2 N–H and O–H groups in total. The zero-order valence-electron chi connectivity index (χ0n) is 12.6. The lowest BCUT2D eigenvalue weighted by molar-refractivity contribution is 0.0474. The van der Waals surface area contributed by atoms with Crippen LogP contribution < -0.4 is 5.32 Å². The summed E-state index contributed by atoms with van der Waals surface area (Å²) in [5.74, 6) is -0.384. The van der Waals surface area contributed by atoms with Gasteiger partial charge in [0, 0.05) is 13.1 Å². The Morgan fingerprint density at radius 1 is 1.22 bits per heavy atom. The molecule has 23 heavy (non-hydrogen) atoms. The Bertz CT molecular complexity index is 700. The Hall–Kier alpha value is -2.18. The standard InChI is InChI=1S/C17H18N2O3S/c20-12-5-3-9-19(11-12)17(22)13-6-1-2-7-14(13)18-16(21)15-8-4-10-23-15/h1-2,4,6-8,10,12,20H,3,5,9,11H2,(H,18,21). The van der Waals surface area contributed by atoms with E-state index in [1.54, 1.807) is 35.2 Å². The van der Waals surface area contributed by atoms with Crippen molar-refractivity contribution in [3.63, 3.8) is 0 Å². The predicted octanol–water partition coefficient (Wildman–Crippen LogP) is 2.60. The third-order valence-electron chi connectivity index (χ3n) is 3.83. The normalized spacial score (nSPS) is 17.8. The number of β-amino-alcohol motifs (C(OH)–C–C–N with tert-alkyl or cyclic N) is 1. The van der Waals surface area contributed by atoms with Gasteiger partial charge in [-0.15, -0.1) is 11.3 Å². The minimum absolute atomic E-state index is 0.161. The molecule has 3 rings (SSSR count). The Kier molecular flexibility index (Phi) is 4.73. The molecule has 1 aliphatic heterocycles. The van der Waals surface area contributed by atoms with E-state index >= 15 is 0 Å². The molecule has 1 aromatic carbocycles. The van der Waals surface area contributed by atoms with E-state index in [-0.39, 0.29) is 11.8 Å². The van der Waals surface area contributed by atoms with Gasteiger partial charge >= 0.3 is 0 Å². The van der Waals surface area contributed by atoms with Gasteiger partial charge in [-0.05, 0) is 36.4 Å². The van der Waals surface area contributed by atoms with Crippen LogP contribution in [0.25, 0.3) is 0 Å². The molecule has 1 fully saturated rings. The minimum Gasteiger partial charge on any atom is -0.391 e. The molecule has 0 saturated carbocycles. The van der Waals surface area contributed by atoms with Crippen molar-refractivity contribution in [2.75, 3.05) is 18.4 Å². The monoisotopic (exact) mass is 330 g/mol. The van der Waals surface area contributed by atoms with Gasteiger partial charge in [0.25, 0.3) is 11.8 Å². The second-order valence-electron chi connectivity index (χ2n) is 5.52. The van der Waals surface area contributed by atoms with E-state index in [0.29, 0.717) is 29.2 Å². The zero-order valence-corrected chi connectivity index (χ0v) is 13.4. The Balaban J connectivity index is 1.80. The number of amides is 2. The number of benzene rings is 1. The van der Waals surface area contributed by atoms with Crippen molar-refractivity contribution >= 4 is 28.8 Å². The molecule has 0 radical (unpaired) electrons. The van der Waals surface area contributed by atoms with E-state index in [1.165, 1.54) is 11.3 Å². The molecule has 5 nitrogen and oxygen atoms in total. The summed E-state index contributed by atoms with van der Waals surface area (Å²) in [4.78, 5) is 27.2. The highest BCUT2D eigenvalue weighted by Crippen LogP contribution is 2.21. The fourth-order valence-electron chi connectivity index (χ4n) is 2.68. The van der Waals surface area contributed by atoms with Gasteiger partial charge in [0.1, 0.15) is 0 Å². The number of piperidine rings is 1. The first-order chi connectivity index (χ1) is 11.1. The summed E-state index contributed by atoms with van der Waals surface area (Å²) in [6.45, 7) is 0.967. The van der Waals surface area contributed by atoms with Crippen molar-refractivity contribution < 1.29 is 14.7 Å². The SMILES string of the molecule is O=C(Nc1ccccc1C(=O)N1CCCC(O)C1)c1cccs1. The number of anilines is 1. The van der Waals surface area contributed by atoms with Crippen molar-refractivity contribution in [1.29, 1.82) is 0 Å². The second-order valence-corrected chi connectivity index (χ2v) is 6.47. The quantitative estimate of drug-likeness (QED) is 0.909. The molecule has 1 atom stereocenters. The van der Waals surface area contributed by atoms with Crippen LogP contribution in [-0.4, -0.2) is 41.0 Å². The smallest absolute Gasteiger partial charge is 0.265 e. The summed E-state index contributed by atoms with van der Waals surface area (Å²) in [7, 11) is 0. The highest BCUT2D eigenvalue weighted by Gasteiger charge is 2.25. The van der Waals surface area contributed by atoms with E-state index in [0.717, 1.165) is 12.8 Å². The van der Waals surface area contributed by atoms with E-state index in [9.17, 15) is 14.7 Å². The molecule has 2 amide bonds. The van der Waals surface area contributed by atoms with Crippen LogP contribution in [0.15, 0.2) is 41.8 Å². The number of carbonyl (C=O) groups excluding carboxylic acids is 2. The maximum absolute atomic E-state index is 12.7. The largest absolute Gasteiger partial charge is 0.391 e. The molecular weight excluding hydrogens is 312 g/mol. The van der Waals surface area contributed by atoms with Crippen molar-refractivity contribution in [2.45, 2.75) is 18.9 Å². The highest BCUT2D eigenvalue weighted by atomic mass is 32.1. The number of likely N-dealkylation sites (tertiary alicyclic amines) is 1. The molecule has 0 aliphatic carbocycles. The van der Waals surface area contributed by atoms with Crippen LogP contribution >= 0.6 is 11.3 Å². The number of hydrogen-bond donors (Lipinski definition) is 2. The topological polar surface area (TPSA) is 69.6 Å². The van der Waals surface area contributed by atoms with E-state index in [4.69, 9.17) is 0 Å². The summed E-state index contributed by atoms with van der Waals surface area (Å²) >= 11 is 1.35. The van der Waals surface area contributed by atoms with Gasteiger partial charge in [0.2, 0.25) is 0 Å². The summed E-state index contributed by atoms with van der Waals surface area (Å²) in [5.41, 5.74) is 0.947. The van der Waals surface area contributed by atoms with Crippen molar-refractivity contribution in [2.24, 2.45) is 0 Å². The van der Waals surface area contributed by atoms with Crippen LogP contribution in [-0.2, 0) is 0 Å². The molecule has 0 spiro atoms. The number of nitrogens with zero attached hydrogens (tertiary/aromatic N) is 1. The Labute approximate surface area is 138 Å². The van der Waals surface area contributed by atoms with Crippen LogP contribution in [0.1, 0.15) is 32.9 Å². The van der Waals surface area contributed by atoms with E-state index in [2.05, 4.69) is 5.32 Å². The summed E-state index contributed by atoms with van der Waals surface area (Å²) in [5, 5.41) is 14.4. The van der Waals surface area contributed by atoms with Gasteiger partial charge < -0.3 is 15.3 Å². The van der Waals surface area contributed by atoms with Crippen molar-refractivity contribution in [1.82, 2.24) is 4.90 Å². The molecule has 2 aromatic rings. The first kappa shape index (κ1) is 15.7. The molecule has 0 bridgehead atoms. The molecule has 1 aliphatic rings. The Morgan fingerprint density at radius 2 is 2.04 bits per heavy atom. The van der Waals surface area contributed by atoms with Gasteiger partial charge in [0.05, 0.1) is 22.2 Å². The van der Waals surface area contributed by atoms with Gasteiger partial charge in [-0.1, -0.05) is 18.2 Å². The zero-order chi connectivity index (χ0) is 16.2. The number of nitrogens with one attached hydrogen (secondary N) is 1. The van der Waals surface area contributed by atoms with Gasteiger partial charge in [-0.2, -0.15) is 0 Å². The maximum Gasteiger partial charge on any atom is 0.265 e. The first-order valence-corrected chi connectivity index (χ1v) is 8.44. The third kappa shape index (κ3) is 3.60. The van der Waals surface area contributed by atoms with Crippen LogP contribution in [0, 0.1) is 0 Å². The lowest BCUT2D eigenvalue weighted by Gasteiger charge is -2.30. The number of hydrogen-bond acceptors (Lipinski definition) is 4. The molecule has 1 saturated heterocycles. The maximum atomic E-state index is 12.7. The van der Waals surface area contributed by atoms with Crippen molar-refractivity contribution in [3.05, 3.63) is 52.2 Å². The van der Waals surface area contributed by atoms with Gasteiger partial charge in [0.15, 0.2) is 0 Å². The lowest BCUT2D eigenvalue weighted by Crippen LogP contribution is -2.42. The first-order valence-electron chi connectivity index (χ1n) is 7.56.